The minimum atomic E-state index is -0.519. The van der Waals surface area contributed by atoms with Gasteiger partial charge in [-0.25, -0.2) is 4.98 Å². The Labute approximate surface area is 106 Å². The molecule has 7 heteroatoms. The molecule has 0 fully saturated rings. The van der Waals surface area contributed by atoms with Gasteiger partial charge in [-0.05, 0) is 12.1 Å². The summed E-state index contributed by atoms with van der Waals surface area (Å²) in [5.74, 6) is 1.26. The number of aromatic nitrogens is 1. The number of fused-ring (bicyclic) bond motifs is 2. The van der Waals surface area contributed by atoms with Crippen LogP contribution in [0, 0.1) is 10.1 Å². The van der Waals surface area contributed by atoms with Crippen molar-refractivity contribution in [1.29, 1.82) is 0 Å². The number of rotatable bonds is 1. The molecule has 0 aliphatic carbocycles. The van der Waals surface area contributed by atoms with Crippen LogP contribution in [0.3, 0.4) is 0 Å². The zero-order chi connectivity index (χ0) is 12.7. The Morgan fingerprint density at radius 3 is 3.00 bits per heavy atom. The summed E-state index contributed by atoms with van der Waals surface area (Å²) < 4.78 is 5.54. The van der Waals surface area contributed by atoms with Crippen LogP contribution in [0.5, 0.6) is 11.5 Å². The molecule has 18 heavy (non-hydrogen) atoms. The topological polar surface area (TPSA) is 77.3 Å². The van der Waals surface area contributed by atoms with Gasteiger partial charge in [0.25, 0.3) is 5.69 Å². The Morgan fingerprint density at radius 1 is 1.39 bits per heavy atom. The first-order valence-electron chi connectivity index (χ1n) is 5.03. The van der Waals surface area contributed by atoms with Crippen LogP contribution >= 0.6 is 11.6 Å². The van der Waals surface area contributed by atoms with Gasteiger partial charge in [-0.1, -0.05) is 11.6 Å². The number of hydrogen-bond donors (Lipinski definition) is 1. The van der Waals surface area contributed by atoms with E-state index in [1.54, 1.807) is 18.3 Å². The average Bonchev–Trinajstić information content (AvgIpc) is 2.35. The van der Waals surface area contributed by atoms with E-state index < -0.39 is 4.92 Å². The summed E-state index contributed by atoms with van der Waals surface area (Å²) in [4.78, 5) is 14.5. The van der Waals surface area contributed by atoms with E-state index in [0.29, 0.717) is 17.3 Å². The van der Waals surface area contributed by atoms with Crippen molar-refractivity contribution in [2.75, 3.05) is 5.32 Å². The molecule has 0 saturated carbocycles. The Kier molecular flexibility index (Phi) is 2.31. The third-order valence-electron chi connectivity index (χ3n) is 2.48. The molecule has 0 saturated heterocycles. The summed E-state index contributed by atoms with van der Waals surface area (Å²) >= 11 is 5.83. The molecule has 3 rings (SSSR count). The van der Waals surface area contributed by atoms with Crippen LogP contribution in [-0.4, -0.2) is 9.91 Å². The van der Waals surface area contributed by atoms with Gasteiger partial charge in [0.05, 0.1) is 9.95 Å². The van der Waals surface area contributed by atoms with Gasteiger partial charge < -0.3 is 10.1 Å². The molecule has 2 heterocycles. The number of nitro benzene ring substituents is 1. The second-order valence-electron chi connectivity index (χ2n) is 3.63. The van der Waals surface area contributed by atoms with Gasteiger partial charge in [0.1, 0.15) is 0 Å². The molecule has 0 spiro atoms. The fourth-order valence-electron chi connectivity index (χ4n) is 1.72. The quantitative estimate of drug-likeness (QED) is 0.537. The monoisotopic (exact) mass is 263 g/mol. The predicted molar refractivity (Wildman–Crippen MR) is 65.7 cm³/mol. The third kappa shape index (κ3) is 1.63. The summed E-state index contributed by atoms with van der Waals surface area (Å²) in [6, 6.07) is 6.22. The lowest BCUT2D eigenvalue weighted by Gasteiger charge is -2.20. The molecule has 1 aromatic carbocycles. The van der Waals surface area contributed by atoms with Gasteiger partial charge >= 0.3 is 0 Å². The van der Waals surface area contributed by atoms with Gasteiger partial charge in [0.15, 0.2) is 23.0 Å². The Morgan fingerprint density at radius 2 is 2.22 bits per heavy atom. The van der Waals surface area contributed by atoms with Crippen molar-refractivity contribution in [3.05, 3.63) is 45.6 Å². The molecule has 1 N–H and O–H groups in total. The molecular formula is C11H6ClN3O3. The molecule has 1 aliphatic rings. The predicted octanol–water partition coefficient (Wildman–Crippen LogP) is 3.49. The van der Waals surface area contributed by atoms with E-state index >= 15 is 0 Å². The first-order valence-corrected chi connectivity index (χ1v) is 5.41. The molecular weight excluding hydrogens is 258 g/mol. The lowest BCUT2D eigenvalue weighted by molar-refractivity contribution is -0.384. The number of halogens is 1. The number of nitrogens with zero attached hydrogens (tertiary/aromatic N) is 2. The largest absolute Gasteiger partial charge is 0.451 e. The highest BCUT2D eigenvalue weighted by Crippen LogP contribution is 2.46. The lowest BCUT2D eigenvalue weighted by atomic mass is 10.2. The van der Waals surface area contributed by atoms with Gasteiger partial charge in [0.2, 0.25) is 0 Å². The summed E-state index contributed by atoms with van der Waals surface area (Å²) in [5.41, 5.74) is 0.115. The van der Waals surface area contributed by atoms with E-state index in [-0.39, 0.29) is 16.4 Å². The maximum Gasteiger partial charge on any atom is 0.298 e. The fraction of sp³-hybridized carbons (Fsp3) is 0. The first kappa shape index (κ1) is 10.8. The van der Waals surface area contributed by atoms with E-state index in [1.165, 1.54) is 12.1 Å². The number of nitro groups is 1. The molecule has 0 atom stereocenters. The molecule has 0 amide bonds. The van der Waals surface area contributed by atoms with Crippen molar-refractivity contribution in [2.45, 2.75) is 0 Å². The van der Waals surface area contributed by atoms with Crippen molar-refractivity contribution in [3.63, 3.8) is 0 Å². The lowest BCUT2D eigenvalue weighted by Crippen LogP contribution is -2.06. The van der Waals surface area contributed by atoms with Crippen LogP contribution in [0.15, 0.2) is 30.5 Å². The Hall–Kier alpha value is -2.34. The molecule has 0 bridgehead atoms. The van der Waals surface area contributed by atoms with Crippen LogP contribution < -0.4 is 10.1 Å². The van der Waals surface area contributed by atoms with Crippen molar-refractivity contribution in [2.24, 2.45) is 0 Å². The highest BCUT2D eigenvalue weighted by Gasteiger charge is 2.26. The number of pyridine rings is 1. The third-order valence-corrected chi connectivity index (χ3v) is 2.70. The Bertz CT molecular complexity index is 660. The maximum absolute atomic E-state index is 11.0. The SMILES string of the molecule is O=[N+]([O-])c1cc(Cl)cc2c1Nc1ncccc1O2. The zero-order valence-corrected chi connectivity index (χ0v) is 9.64. The molecule has 1 aromatic heterocycles. The second-order valence-corrected chi connectivity index (χ2v) is 4.07. The van der Waals surface area contributed by atoms with Gasteiger partial charge in [-0.2, -0.15) is 0 Å². The normalized spacial score (nSPS) is 11.8. The van der Waals surface area contributed by atoms with Crippen LogP contribution in [-0.2, 0) is 0 Å². The number of ether oxygens (including phenoxy) is 1. The molecule has 6 nitrogen and oxygen atoms in total. The zero-order valence-electron chi connectivity index (χ0n) is 8.88. The van der Waals surface area contributed by atoms with Crippen LogP contribution in [0.4, 0.5) is 17.2 Å². The van der Waals surface area contributed by atoms with Crippen LogP contribution in [0.25, 0.3) is 0 Å². The molecule has 0 unspecified atom stereocenters. The minimum absolute atomic E-state index is 0.145. The first-order chi connectivity index (χ1) is 8.65. The van der Waals surface area contributed by atoms with Crippen LogP contribution in [0.1, 0.15) is 0 Å². The molecule has 0 radical (unpaired) electrons. The fourth-order valence-corrected chi connectivity index (χ4v) is 1.92. The Balaban J connectivity index is 2.18. The van der Waals surface area contributed by atoms with Crippen molar-refractivity contribution in [1.82, 2.24) is 4.98 Å². The van der Waals surface area contributed by atoms with Crippen LogP contribution in [0.2, 0.25) is 5.02 Å². The second kappa shape index (κ2) is 3.85. The number of benzene rings is 1. The maximum atomic E-state index is 11.0. The number of anilines is 2. The van der Waals surface area contributed by atoms with E-state index in [1.807, 2.05) is 0 Å². The summed E-state index contributed by atoms with van der Waals surface area (Å²) in [7, 11) is 0. The molecule has 1 aliphatic heterocycles. The summed E-state index contributed by atoms with van der Waals surface area (Å²) in [6.07, 6.45) is 1.57. The average molecular weight is 264 g/mol. The summed E-state index contributed by atoms with van der Waals surface area (Å²) in [6.45, 7) is 0. The minimum Gasteiger partial charge on any atom is -0.451 e. The number of nitrogens with one attached hydrogen (secondary N) is 1. The molecule has 90 valence electrons. The van der Waals surface area contributed by atoms with Crippen molar-refractivity contribution < 1.29 is 9.66 Å². The van der Waals surface area contributed by atoms with E-state index in [2.05, 4.69) is 10.3 Å². The standard InChI is InChI=1S/C11H6ClN3O3/c12-6-4-7(15(16)17)10-9(5-6)18-8-2-1-3-13-11(8)14-10/h1-5H,(H,13,14). The van der Waals surface area contributed by atoms with E-state index in [4.69, 9.17) is 16.3 Å². The van der Waals surface area contributed by atoms with Gasteiger partial charge in [0, 0.05) is 18.3 Å². The highest BCUT2D eigenvalue weighted by molar-refractivity contribution is 6.31. The van der Waals surface area contributed by atoms with E-state index in [9.17, 15) is 10.1 Å². The molecule has 2 aromatic rings. The van der Waals surface area contributed by atoms with E-state index in [0.717, 1.165) is 0 Å². The smallest absolute Gasteiger partial charge is 0.298 e. The number of hydrogen-bond acceptors (Lipinski definition) is 5. The highest BCUT2D eigenvalue weighted by atomic mass is 35.5. The summed E-state index contributed by atoms with van der Waals surface area (Å²) in [5, 5.41) is 14.1. The van der Waals surface area contributed by atoms with Crippen molar-refractivity contribution >= 4 is 28.8 Å². The van der Waals surface area contributed by atoms with Gasteiger partial charge in [-0.3, -0.25) is 10.1 Å². The van der Waals surface area contributed by atoms with Gasteiger partial charge in [-0.15, -0.1) is 0 Å². The van der Waals surface area contributed by atoms with Crippen molar-refractivity contribution in [3.8, 4) is 11.5 Å².